The van der Waals surface area contributed by atoms with Crippen LogP contribution < -0.4 is 5.32 Å². The lowest BCUT2D eigenvalue weighted by Crippen LogP contribution is -2.34. The zero-order valence-electron chi connectivity index (χ0n) is 10.8. The summed E-state index contributed by atoms with van der Waals surface area (Å²) in [6.07, 6.45) is 0. The number of benzene rings is 1. The smallest absolute Gasteiger partial charge is 0.346 e. The number of hydrogen-bond donors (Lipinski definition) is 2. The van der Waals surface area contributed by atoms with Crippen LogP contribution in [0.1, 0.15) is 24.5 Å². The summed E-state index contributed by atoms with van der Waals surface area (Å²) in [5.74, 6) is 1.27. The first-order chi connectivity index (χ1) is 9.08. The Bertz CT molecular complexity index is 551. The van der Waals surface area contributed by atoms with Gasteiger partial charge in [0.25, 0.3) is 0 Å². The maximum absolute atomic E-state index is 11.9. The van der Waals surface area contributed by atoms with Crippen LogP contribution in [0.5, 0.6) is 0 Å². The summed E-state index contributed by atoms with van der Waals surface area (Å²) in [6, 6.07) is 11.3. The Balaban J connectivity index is 2.03. The number of carbonyl (C=O) groups excluding carboxylic acids is 1. The van der Waals surface area contributed by atoms with E-state index in [1.807, 2.05) is 13.0 Å². The van der Waals surface area contributed by atoms with Gasteiger partial charge in [0.15, 0.2) is 0 Å². The van der Waals surface area contributed by atoms with Gasteiger partial charge in [-0.15, -0.1) is 0 Å². The number of furan rings is 1. The van der Waals surface area contributed by atoms with Gasteiger partial charge < -0.3 is 9.73 Å². The van der Waals surface area contributed by atoms with Gasteiger partial charge in [0.05, 0.1) is 0 Å². The average molecular weight is 260 g/mol. The largest absolute Gasteiger partial charge is 0.464 e. The standard InChI is InChI=1S/C14H16N2O3/c1-10-8-9-13(19-10)11(2)16(18)14(17)15-12-6-4-3-5-7-12/h3-9,11,18H,1-2H3,(H,15,17). The molecule has 5 nitrogen and oxygen atoms in total. The molecule has 0 fully saturated rings. The van der Waals surface area contributed by atoms with E-state index in [4.69, 9.17) is 4.42 Å². The van der Waals surface area contributed by atoms with Crippen molar-refractivity contribution in [2.24, 2.45) is 0 Å². The van der Waals surface area contributed by atoms with Gasteiger partial charge in [0, 0.05) is 5.69 Å². The number of carbonyl (C=O) groups is 1. The molecule has 1 aromatic carbocycles. The van der Waals surface area contributed by atoms with Crippen LogP contribution in [0.25, 0.3) is 0 Å². The van der Waals surface area contributed by atoms with Gasteiger partial charge in [-0.05, 0) is 38.1 Å². The molecule has 0 radical (unpaired) electrons. The number of nitrogens with zero attached hydrogens (tertiary/aromatic N) is 1. The monoisotopic (exact) mass is 260 g/mol. The number of nitrogens with one attached hydrogen (secondary N) is 1. The second kappa shape index (κ2) is 5.58. The van der Waals surface area contributed by atoms with Crippen molar-refractivity contribution in [3.8, 4) is 0 Å². The van der Waals surface area contributed by atoms with Crippen LogP contribution in [0.4, 0.5) is 10.5 Å². The fourth-order valence-electron chi connectivity index (χ4n) is 1.68. The number of para-hydroxylation sites is 1. The van der Waals surface area contributed by atoms with Gasteiger partial charge >= 0.3 is 6.03 Å². The van der Waals surface area contributed by atoms with E-state index in [2.05, 4.69) is 5.32 Å². The summed E-state index contributed by atoms with van der Waals surface area (Å²) in [4.78, 5) is 11.9. The third-order valence-corrected chi connectivity index (χ3v) is 2.77. The SMILES string of the molecule is Cc1ccc(C(C)N(O)C(=O)Nc2ccccc2)o1. The number of aryl methyl sites for hydroxylation is 1. The van der Waals surface area contributed by atoms with Crippen molar-refractivity contribution in [3.63, 3.8) is 0 Å². The van der Waals surface area contributed by atoms with Gasteiger partial charge in [-0.3, -0.25) is 5.21 Å². The van der Waals surface area contributed by atoms with E-state index >= 15 is 0 Å². The van der Waals surface area contributed by atoms with Crippen molar-refractivity contribution >= 4 is 11.7 Å². The summed E-state index contributed by atoms with van der Waals surface area (Å²) in [5, 5.41) is 13.1. The first-order valence-corrected chi connectivity index (χ1v) is 5.98. The molecule has 1 unspecified atom stereocenters. The van der Waals surface area contributed by atoms with E-state index in [0.29, 0.717) is 16.5 Å². The van der Waals surface area contributed by atoms with E-state index in [1.54, 1.807) is 43.3 Å². The molecule has 5 heteroatoms. The molecule has 2 aromatic rings. The number of urea groups is 1. The minimum atomic E-state index is -0.604. The molecular formula is C14H16N2O3. The van der Waals surface area contributed by atoms with Crippen molar-refractivity contribution in [1.82, 2.24) is 5.06 Å². The van der Waals surface area contributed by atoms with E-state index in [-0.39, 0.29) is 0 Å². The molecule has 1 heterocycles. The van der Waals surface area contributed by atoms with Crippen LogP contribution in [0.15, 0.2) is 46.9 Å². The maximum Gasteiger partial charge on any atom is 0.346 e. The highest BCUT2D eigenvalue weighted by Gasteiger charge is 2.22. The third kappa shape index (κ3) is 3.14. The Kier molecular flexibility index (Phi) is 3.87. The van der Waals surface area contributed by atoms with Gasteiger partial charge in [-0.2, -0.15) is 5.06 Å². The maximum atomic E-state index is 11.9. The van der Waals surface area contributed by atoms with Crippen molar-refractivity contribution in [2.45, 2.75) is 19.9 Å². The Morgan fingerprint density at radius 2 is 1.95 bits per heavy atom. The molecule has 0 spiro atoms. The third-order valence-electron chi connectivity index (χ3n) is 2.77. The highest BCUT2D eigenvalue weighted by Crippen LogP contribution is 2.21. The van der Waals surface area contributed by atoms with Gasteiger partial charge in [-0.25, -0.2) is 4.79 Å². The van der Waals surface area contributed by atoms with E-state index in [9.17, 15) is 10.0 Å². The van der Waals surface area contributed by atoms with E-state index in [1.165, 1.54) is 0 Å². The second-order valence-corrected chi connectivity index (χ2v) is 4.27. The van der Waals surface area contributed by atoms with Crippen LogP contribution in [0.3, 0.4) is 0 Å². The number of anilines is 1. The molecule has 2 N–H and O–H groups in total. The average Bonchev–Trinajstić information content (AvgIpc) is 2.85. The summed E-state index contributed by atoms with van der Waals surface area (Å²) in [7, 11) is 0. The normalized spacial score (nSPS) is 11.9. The summed E-state index contributed by atoms with van der Waals surface area (Å²) >= 11 is 0. The second-order valence-electron chi connectivity index (χ2n) is 4.27. The van der Waals surface area contributed by atoms with Crippen molar-refractivity contribution in [2.75, 3.05) is 5.32 Å². The Morgan fingerprint density at radius 3 is 2.53 bits per heavy atom. The fraction of sp³-hybridized carbons (Fsp3) is 0.214. The molecule has 0 aliphatic rings. The topological polar surface area (TPSA) is 65.7 Å². The molecule has 0 aliphatic carbocycles. The molecular weight excluding hydrogens is 244 g/mol. The fourth-order valence-corrected chi connectivity index (χ4v) is 1.68. The lowest BCUT2D eigenvalue weighted by atomic mass is 10.2. The molecule has 1 aromatic heterocycles. The number of amides is 2. The molecule has 0 saturated carbocycles. The Labute approximate surface area is 111 Å². The highest BCUT2D eigenvalue weighted by molar-refractivity contribution is 5.88. The summed E-state index contributed by atoms with van der Waals surface area (Å²) in [5.41, 5.74) is 0.620. The van der Waals surface area contributed by atoms with Crippen molar-refractivity contribution < 1.29 is 14.4 Å². The zero-order chi connectivity index (χ0) is 13.8. The Hall–Kier alpha value is -2.27. The van der Waals surface area contributed by atoms with Crippen LogP contribution in [0.2, 0.25) is 0 Å². The quantitative estimate of drug-likeness (QED) is 0.655. The molecule has 2 rings (SSSR count). The lowest BCUT2D eigenvalue weighted by Gasteiger charge is -2.21. The number of hydrogen-bond acceptors (Lipinski definition) is 3. The molecule has 1 atom stereocenters. The molecule has 0 aliphatic heterocycles. The van der Waals surface area contributed by atoms with Gasteiger partial charge in [0.1, 0.15) is 17.6 Å². The predicted octanol–water partition coefficient (Wildman–Crippen LogP) is 3.57. The zero-order valence-corrected chi connectivity index (χ0v) is 10.8. The first-order valence-electron chi connectivity index (χ1n) is 5.98. The van der Waals surface area contributed by atoms with E-state index < -0.39 is 12.1 Å². The van der Waals surface area contributed by atoms with Crippen LogP contribution >= 0.6 is 0 Å². The number of hydroxylamine groups is 2. The molecule has 0 bridgehead atoms. The highest BCUT2D eigenvalue weighted by atomic mass is 16.5. The molecule has 100 valence electrons. The minimum absolute atomic E-state index is 0.531. The molecule has 2 amide bonds. The number of rotatable bonds is 3. The minimum Gasteiger partial charge on any atom is -0.464 e. The van der Waals surface area contributed by atoms with Crippen molar-refractivity contribution in [3.05, 3.63) is 54.0 Å². The molecule has 19 heavy (non-hydrogen) atoms. The lowest BCUT2D eigenvalue weighted by molar-refractivity contribution is -0.0744. The summed E-state index contributed by atoms with van der Waals surface area (Å²) in [6.45, 7) is 3.49. The van der Waals surface area contributed by atoms with Crippen molar-refractivity contribution in [1.29, 1.82) is 0 Å². The van der Waals surface area contributed by atoms with Gasteiger partial charge in [-0.1, -0.05) is 18.2 Å². The van der Waals surface area contributed by atoms with Crippen LogP contribution in [0, 0.1) is 6.92 Å². The van der Waals surface area contributed by atoms with Gasteiger partial charge in [0.2, 0.25) is 0 Å². The first kappa shape index (κ1) is 13.2. The van der Waals surface area contributed by atoms with Crippen LogP contribution in [-0.2, 0) is 0 Å². The van der Waals surface area contributed by atoms with Crippen LogP contribution in [-0.4, -0.2) is 16.3 Å². The van der Waals surface area contributed by atoms with E-state index in [0.717, 1.165) is 5.76 Å². The molecule has 0 saturated heterocycles. The predicted molar refractivity (Wildman–Crippen MR) is 70.9 cm³/mol. The Morgan fingerprint density at radius 1 is 1.26 bits per heavy atom. The summed E-state index contributed by atoms with van der Waals surface area (Å²) < 4.78 is 5.39.